The maximum absolute atomic E-state index is 12.9. The molecule has 0 fully saturated rings. The Labute approximate surface area is 176 Å². The summed E-state index contributed by atoms with van der Waals surface area (Å²) in [7, 11) is 3.12. The van der Waals surface area contributed by atoms with Crippen LogP contribution in [0.3, 0.4) is 0 Å². The van der Waals surface area contributed by atoms with Gasteiger partial charge in [-0.25, -0.2) is 9.78 Å². The Balaban J connectivity index is 1.67. The standard InChI is InChI=1S/C22H19N5O4/c1-27-17-10-15(11-24-20(17)26-22(27)30)12-4-3-5-14(8-12)21(29)25-16-9-13(19(23)28)6-7-18(16)31-2/h3-11H,1-2H3,(H2,23,28)(H,25,29)(H,24,26,30). The first-order valence-corrected chi connectivity index (χ1v) is 9.32. The Morgan fingerprint density at radius 3 is 2.65 bits per heavy atom. The molecular formula is C22H19N5O4. The first-order chi connectivity index (χ1) is 14.9. The van der Waals surface area contributed by atoms with Crippen LogP contribution in [-0.4, -0.2) is 33.5 Å². The Morgan fingerprint density at radius 2 is 1.90 bits per heavy atom. The topological polar surface area (TPSA) is 132 Å². The van der Waals surface area contributed by atoms with Crippen molar-refractivity contribution in [2.75, 3.05) is 12.4 Å². The molecule has 0 saturated carbocycles. The molecule has 0 atom stereocenters. The quantitative estimate of drug-likeness (QED) is 0.458. The molecule has 2 heterocycles. The maximum Gasteiger partial charge on any atom is 0.327 e. The summed E-state index contributed by atoms with van der Waals surface area (Å²) >= 11 is 0. The predicted molar refractivity (Wildman–Crippen MR) is 116 cm³/mol. The molecule has 0 saturated heterocycles. The average molecular weight is 417 g/mol. The van der Waals surface area contributed by atoms with Gasteiger partial charge in [0.2, 0.25) is 5.91 Å². The zero-order valence-electron chi connectivity index (χ0n) is 16.8. The molecule has 4 rings (SSSR count). The lowest BCUT2D eigenvalue weighted by Crippen LogP contribution is -2.15. The first kappa shape index (κ1) is 19.9. The van der Waals surface area contributed by atoms with E-state index in [1.54, 1.807) is 37.5 Å². The molecule has 2 aromatic heterocycles. The molecule has 0 aliphatic rings. The molecular weight excluding hydrogens is 398 g/mol. The van der Waals surface area contributed by atoms with E-state index in [9.17, 15) is 14.4 Å². The van der Waals surface area contributed by atoms with E-state index < -0.39 is 5.91 Å². The van der Waals surface area contributed by atoms with Crippen molar-refractivity contribution in [3.05, 3.63) is 76.3 Å². The number of nitrogens with one attached hydrogen (secondary N) is 2. The highest BCUT2D eigenvalue weighted by molar-refractivity contribution is 6.06. The summed E-state index contributed by atoms with van der Waals surface area (Å²) in [5.41, 5.74) is 8.72. The zero-order valence-corrected chi connectivity index (χ0v) is 16.8. The summed E-state index contributed by atoms with van der Waals surface area (Å²) in [6.45, 7) is 0. The maximum atomic E-state index is 12.9. The number of primary amides is 1. The van der Waals surface area contributed by atoms with Gasteiger partial charge in [0.15, 0.2) is 5.65 Å². The Kier molecular flexibility index (Phi) is 5.00. The van der Waals surface area contributed by atoms with Gasteiger partial charge in [0, 0.05) is 29.9 Å². The highest BCUT2D eigenvalue weighted by Gasteiger charge is 2.14. The van der Waals surface area contributed by atoms with Crippen LogP contribution in [0.4, 0.5) is 5.69 Å². The average Bonchev–Trinajstić information content (AvgIpc) is 3.06. The minimum absolute atomic E-state index is 0.250. The van der Waals surface area contributed by atoms with E-state index in [1.807, 2.05) is 12.1 Å². The van der Waals surface area contributed by atoms with Crippen LogP contribution in [0.25, 0.3) is 22.3 Å². The second kappa shape index (κ2) is 7.79. The minimum atomic E-state index is -0.609. The van der Waals surface area contributed by atoms with Crippen molar-refractivity contribution in [1.29, 1.82) is 0 Å². The lowest BCUT2D eigenvalue weighted by Gasteiger charge is -2.12. The fraction of sp³-hybridized carbons (Fsp3) is 0.0909. The van der Waals surface area contributed by atoms with Crippen LogP contribution < -0.4 is 21.5 Å². The third-order valence-corrected chi connectivity index (χ3v) is 4.95. The summed E-state index contributed by atoms with van der Waals surface area (Å²) in [6.07, 6.45) is 1.63. The number of carbonyl (C=O) groups excluding carboxylic acids is 2. The summed E-state index contributed by atoms with van der Waals surface area (Å²) in [4.78, 5) is 43.1. The summed E-state index contributed by atoms with van der Waals surface area (Å²) < 4.78 is 6.73. The second-order valence-electron chi connectivity index (χ2n) is 6.90. The van der Waals surface area contributed by atoms with Gasteiger partial charge in [-0.15, -0.1) is 0 Å². The molecule has 4 aromatic rings. The minimum Gasteiger partial charge on any atom is -0.495 e. The molecule has 156 valence electrons. The molecule has 4 N–H and O–H groups in total. The van der Waals surface area contributed by atoms with Gasteiger partial charge in [0.25, 0.3) is 5.91 Å². The predicted octanol–water partition coefficient (Wildman–Crippen LogP) is 2.29. The summed E-state index contributed by atoms with van der Waals surface area (Å²) in [6, 6.07) is 13.4. The monoisotopic (exact) mass is 417 g/mol. The molecule has 9 nitrogen and oxygen atoms in total. The number of amides is 2. The van der Waals surface area contributed by atoms with Gasteiger partial charge in [-0.2, -0.15) is 0 Å². The molecule has 0 aliphatic heterocycles. The van der Waals surface area contributed by atoms with Gasteiger partial charge in [0.1, 0.15) is 5.75 Å². The number of methoxy groups -OCH3 is 1. The van der Waals surface area contributed by atoms with Gasteiger partial charge >= 0.3 is 5.69 Å². The fourth-order valence-electron chi connectivity index (χ4n) is 3.25. The normalized spacial score (nSPS) is 10.8. The van der Waals surface area contributed by atoms with Crippen molar-refractivity contribution in [1.82, 2.24) is 14.5 Å². The SMILES string of the molecule is COc1ccc(C(N)=O)cc1NC(=O)c1cccc(-c2cnc3[nH]c(=O)n(C)c3c2)c1. The van der Waals surface area contributed by atoms with E-state index in [0.717, 1.165) is 11.1 Å². The van der Waals surface area contributed by atoms with E-state index in [0.29, 0.717) is 28.2 Å². The number of nitrogens with zero attached hydrogens (tertiary/aromatic N) is 2. The molecule has 0 radical (unpaired) electrons. The lowest BCUT2D eigenvalue weighted by atomic mass is 10.0. The highest BCUT2D eigenvalue weighted by atomic mass is 16.5. The third-order valence-electron chi connectivity index (χ3n) is 4.95. The van der Waals surface area contributed by atoms with Crippen molar-refractivity contribution in [2.24, 2.45) is 12.8 Å². The molecule has 2 aromatic carbocycles. The van der Waals surface area contributed by atoms with E-state index >= 15 is 0 Å². The number of hydrogen-bond donors (Lipinski definition) is 3. The number of imidazole rings is 1. The van der Waals surface area contributed by atoms with Crippen molar-refractivity contribution >= 4 is 28.7 Å². The van der Waals surface area contributed by atoms with Crippen LogP contribution in [-0.2, 0) is 7.05 Å². The number of anilines is 1. The van der Waals surface area contributed by atoms with Crippen molar-refractivity contribution in [2.45, 2.75) is 0 Å². The smallest absolute Gasteiger partial charge is 0.327 e. The largest absolute Gasteiger partial charge is 0.495 e. The van der Waals surface area contributed by atoms with E-state index in [-0.39, 0.29) is 17.2 Å². The first-order valence-electron chi connectivity index (χ1n) is 9.32. The number of carbonyl (C=O) groups is 2. The van der Waals surface area contributed by atoms with Gasteiger partial charge in [-0.05, 0) is 42.0 Å². The fourth-order valence-corrected chi connectivity index (χ4v) is 3.25. The lowest BCUT2D eigenvalue weighted by molar-refractivity contribution is 0.0996. The summed E-state index contributed by atoms with van der Waals surface area (Å²) in [5, 5.41) is 2.76. The molecule has 0 unspecified atom stereocenters. The molecule has 0 bridgehead atoms. The number of pyridine rings is 1. The summed E-state index contributed by atoms with van der Waals surface area (Å²) in [5.74, 6) is -0.593. The van der Waals surface area contributed by atoms with E-state index in [1.165, 1.54) is 23.8 Å². The van der Waals surface area contributed by atoms with Crippen LogP contribution in [0.1, 0.15) is 20.7 Å². The number of H-pyrrole nitrogens is 1. The molecule has 2 amide bonds. The zero-order chi connectivity index (χ0) is 22.1. The Morgan fingerprint density at radius 1 is 1.10 bits per heavy atom. The van der Waals surface area contributed by atoms with E-state index in [2.05, 4.69) is 15.3 Å². The molecule has 31 heavy (non-hydrogen) atoms. The van der Waals surface area contributed by atoms with Gasteiger partial charge in [0.05, 0.1) is 18.3 Å². The highest BCUT2D eigenvalue weighted by Crippen LogP contribution is 2.27. The van der Waals surface area contributed by atoms with Crippen LogP contribution in [0.2, 0.25) is 0 Å². The number of rotatable bonds is 5. The molecule has 9 heteroatoms. The number of benzene rings is 2. The Hall–Kier alpha value is -4.40. The van der Waals surface area contributed by atoms with Crippen molar-refractivity contribution in [3.8, 4) is 16.9 Å². The van der Waals surface area contributed by atoms with Gasteiger partial charge < -0.3 is 15.8 Å². The van der Waals surface area contributed by atoms with Crippen LogP contribution in [0.5, 0.6) is 5.75 Å². The molecule has 0 aliphatic carbocycles. The number of aromatic amines is 1. The number of aromatic nitrogens is 3. The number of ether oxygens (including phenoxy) is 1. The van der Waals surface area contributed by atoms with Crippen molar-refractivity contribution in [3.63, 3.8) is 0 Å². The van der Waals surface area contributed by atoms with Gasteiger partial charge in [-0.3, -0.25) is 19.1 Å². The van der Waals surface area contributed by atoms with Crippen LogP contribution in [0.15, 0.2) is 59.5 Å². The van der Waals surface area contributed by atoms with Crippen LogP contribution >= 0.6 is 0 Å². The third kappa shape index (κ3) is 3.76. The number of hydrogen-bond acceptors (Lipinski definition) is 5. The number of aryl methyl sites for hydroxylation is 1. The van der Waals surface area contributed by atoms with E-state index in [4.69, 9.17) is 10.5 Å². The van der Waals surface area contributed by atoms with Gasteiger partial charge in [-0.1, -0.05) is 12.1 Å². The van der Waals surface area contributed by atoms with Crippen LogP contribution in [0, 0.1) is 0 Å². The molecule has 0 spiro atoms. The second-order valence-corrected chi connectivity index (χ2v) is 6.90. The number of fused-ring (bicyclic) bond motifs is 1. The number of nitrogens with two attached hydrogens (primary N) is 1. The Bertz CT molecular complexity index is 1390. The van der Waals surface area contributed by atoms with Crippen molar-refractivity contribution < 1.29 is 14.3 Å².